The number of hydrogen-bond acceptors (Lipinski definition) is 4. The first kappa shape index (κ1) is 14.1. The topological polar surface area (TPSA) is 55.8 Å². The van der Waals surface area contributed by atoms with E-state index in [1.165, 1.54) is 0 Å². The van der Waals surface area contributed by atoms with Gasteiger partial charge in [0, 0.05) is 26.1 Å². The molecule has 0 saturated carbocycles. The molecule has 1 heterocycles. The van der Waals surface area contributed by atoms with E-state index >= 15 is 0 Å². The molecule has 0 N–H and O–H groups in total. The molecule has 5 heteroatoms. The Labute approximate surface area is 102 Å². The summed E-state index contributed by atoms with van der Waals surface area (Å²) in [5.41, 5.74) is 0. The van der Waals surface area contributed by atoms with Crippen LogP contribution in [0.5, 0.6) is 0 Å². The number of amides is 1. The fourth-order valence-corrected chi connectivity index (χ4v) is 1.93. The van der Waals surface area contributed by atoms with E-state index in [0.717, 1.165) is 12.8 Å². The van der Waals surface area contributed by atoms with Gasteiger partial charge in [-0.3, -0.25) is 9.59 Å². The molecule has 0 aromatic heterocycles. The fourth-order valence-electron chi connectivity index (χ4n) is 1.93. The third-order valence-electron chi connectivity index (χ3n) is 3.08. The van der Waals surface area contributed by atoms with Crippen molar-refractivity contribution in [3.63, 3.8) is 0 Å². The SMILES string of the molecule is COCCOCC(=O)N1CCC(C(C)=O)CC1. The van der Waals surface area contributed by atoms with Gasteiger partial charge in [0.15, 0.2) is 0 Å². The monoisotopic (exact) mass is 243 g/mol. The van der Waals surface area contributed by atoms with E-state index in [2.05, 4.69) is 0 Å². The Morgan fingerprint density at radius 3 is 2.41 bits per heavy atom. The standard InChI is InChI=1S/C12H21NO4/c1-10(14)11-3-5-13(6-4-11)12(15)9-17-8-7-16-2/h11H,3-9H2,1-2H3. The van der Waals surface area contributed by atoms with E-state index in [-0.39, 0.29) is 24.2 Å². The van der Waals surface area contributed by atoms with Gasteiger partial charge in [0.1, 0.15) is 12.4 Å². The van der Waals surface area contributed by atoms with Crippen LogP contribution in [0.2, 0.25) is 0 Å². The van der Waals surface area contributed by atoms with E-state index in [1.54, 1.807) is 18.9 Å². The number of carbonyl (C=O) groups is 2. The number of carbonyl (C=O) groups excluding carboxylic acids is 2. The molecule has 0 aromatic carbocycles. The number of piperidine rings is 1. The number of ketones is 1. The van der Waals surface area contributed by atoms with Gasteiger partial charge in [-0.05, 0) is 19.8 Å². The third-order valence-corrected chi connectivity index (χ3v) is 3.08. The number of ether oxygens (including phenoxy) is 2. The summed E-state index contributed by atoms with van der Waals surface area (Å²) in [7, 11) is 1.59. The van der Waals surface area contributed by atoms with Crippen molar-refractivity contribution in [2.24, 2.45) is 5.92 Å². The first-order valence-corrected chi connectivity index (χ1v) is 6.00. The van der Waals surface area contributed by atoms with E-state index in [0.29, 0.717) is 26.3 Å². The molecule has 1 aliphatic heterocycles. The van der Waals surface area contributed by atoms with Crippen molar-refractivity contribution in [1.82, 2.24) is 4.90 Å². The van der Waals surface area contributed by atoms with Crippen molar-refractivity contribution in [2.45, 2.75) is 19.8 Å². The molecule has 5 nitrogen and oxygen atoms in total. The average molecular weight is 243 g/mol. The molecule has 0 aliphatic carbocycles. The molecule has 1 fully saturated rings. The predicted molar refractivity (Wildman–Crippen MR) is 62.7 cm³/mol. The minimum Gasteiger partial charge on any atom is -0.382 e. The molecule has 0 bridgehead atoms. The summed E-state index contributed by atoms with van der Waals surface area (Å²) < 4.78 is 10.0. The van der Waals surface area contributed by atoms with Crippen molar-refractivity contribution < 1.29 is 19.1 Å². The molecule has 0 spiro atoms. The Morgan fingerprint density at radius 1 is 1.24 bits per heavy atom. The molecular weight excluding hydrogens is 222 g/mol. The lowest BCUT2D eigenvalue weighted by Gasteiger charge is -2.30. The number of Topliss-reactive ketones (excluding diaryl/α,β-unsaturated/α-hetero) is 1. The lowest BCUT2D eigenvalue weighted by Crippen LogP contribution is -2.41. The highest BCUT2D eigenvalue weighted by molar-refractivity contribution is 5.80. The van der Waals surface area contributed by atoms with E-state index in [1.807, 2.05) is 0 Å². The normalized spacial score (nSPS) is 17.2. The molecule has 17 heavy (non-hydrogen) atoms. The highest BCUT2D eigenvalue weighted by Crippen LogP contribution is 2.17. The first-order valence-electron chi connectivity index (χ1n) is 6.00. The van der Waals surface area contributed by atoms with Crippen LogP contribution in [0.25, 0.3) is 0 Å². The number of rotatable bonds is 6. The Morgan fingerprint density at radius 2 is 1.88 bits per heavy atom. The van der Waals surface area contributed by atoms with Crippen LogP contribution in [0.15, 0.2) is 0 Å². The van der Waals surface area contributed by atoms with Gasteiger partial charge < -0.3 is 14.4 Å². The van der Waals surface area contributed by atoms with E-state index in [4.69, 9.17) is 9.47 Å². The Bertz CT molecular complexity index is 259. The zero-order chi connectivity index (χ0) is 12.7. The van der Waals surface area contributed by atoms with Crippen molar-refractivity contribution in [1.29, 1.82) is 0 Å². The minimum absolute atomic E-state index is 0.00288. The van der Waals surface area contributed by atoms with Crippen LogP contribution >= 0.6 is 0 Å². The zero-order valence-corrected chi connectivity index (χ0v) is 10.6. The van der Waals surface area contributed by atoms with E-state index < -0.39 is 0 Å². The van der Waals surface area contributed by atoms with Crippen molar-refractivity contribution in [3.05, 3.63) is 0 Å². The molecule has 1 amide bonds. The maximum atomic E-state index is 11.7. The smallest absolute Gasteiger partial charge is 0.248 e. The maximum absolute atomic E-state index is 11.7. The fraction of sp³-hybridized carbons (Fsp3) is 0.833. The van der Waals surface area contributed by atoms with Crippen molar-refractivity contribution in [2.75, 3.05) is 40.0 Å². The second-order valence-corrected chi connectivity index (χ2v) is 4.31. The maximum Gasteiger partial charge on any atom is 0.248 e. The number of likely N-dealkylation sites (tertiary alicyclic amines) is 1. The Hall–Kier alpha value is -0.940. The predicted octanol–water partition coefficient (Wildman–Crippen LogP) is 0.477. The molecule has 1 rings (SSSR count). The first-order chi connectivity index (χ1) is 8.15. The summed E-state index contributed by atoms with van der Waals surface area (Å²) >= 11 is 0. The van der Waals surface area contributed by atoms with Crippen LogP contribution in [0.3, 0.4) is 0 Å². The summed E-state index contributed by atoms with van der Waals surface area (Å²) in [4.78, 5) is 24.7. The molecule has 0 radical (unpaired) electrons. The molecule has 0 aromatic rings. The Kier molecular flexibility index (Phi) is 6.15. The molecule has 98 valence electrons. The summed E-state index contributed by atoms with van der Waals surface area (Å²) in [6.45, 7) is 3.99. The van der Waals surface area contributed by atoms with Gasteiger partial charge in [-0.15, -0.1) is 0 Å². The van der Waals surface area contributed by atoms with Gasteiger partial charge in [0.05, 0.1) is 13.2 Å². The quantitative estimate of drug-likeness (QED) is 0.637. The average Bonchev–Trinajstić information content (AvgIpc) is 2.34. The molecule has 1 saturated heterocycles. The summed E-state index contributed by atoms with van der Waals surface area (Å²) in [6.07, 6.45) is 1.55. The third kappa shape index (κ3) is 4.83. The van der Waals surface area contributed by atoms with Crippen LogP contribution in [-0.2, 0) is 19.1 Å². The molecule has 0 atom stereocenters. The molecular formula is C12H21NO4. The zero-order valence-electron chi connectivity index (χ0n) is 10.6. The van der Waals surface area contributed by atoms with Gasteiger partial charge in [-0.2, -0.15) is 0 Å². The van der Waals surface area contributed by atoms with Crippen molar-refractivity contribution in [3.8, 4) is 0 Å². The van der Waals surface area contributed by atoms with Gasteiger partial charge in [0.2, 0.25) is 5.91 Å². The number of hydrogen-bond donors (Lipinski definition) is 0. The van der Waals surface area contributed by atoms with Crippen molar-refractivity contribution >= 4 is 11.7 Å². The van der Waals surface area contributed by atoms with Crippen LogP contribution in [-0.4, -0.2) is 56.6 Å². The van der Waals surface area contributed by atoms with Gasteiger partial charge in [0.25, 0.3) is 0 Å². The Balaban J connectivity index is 2.19. The van der Waals surface area contributed by atoms with Crippen LogP contribution in [0.4, 0.5) is 0 Å². The highest BCUT2D eigenvalue weighted by Gasteiger charge is 2.24. The van der Waals surface area contributed by atoms with Crippen LogP contribution in [0.1, 0.15) is 19.8 Å². The molecule has 1 aliphatic rings. The summed E-state index contributed by atoms with van der Waals surface area (Å²) in [6, 6.07) is 0. The summed E-state index contributed by atoms with van der Waals surface area (Å²) in [5, 5.41) is 0. The highest BCUT2D eigenvalue weighted by atomic mass is 16.5. The van der Waals surface area contributed by atoms with Crippen LogP contribution in [0, 0.1) is 5.92 Å². The van der Waals surface area contributed by atoms with Gasteiger partial charge >= 0.3 is 0 Å². The van der Waals surface area contributed by atoms with Crippen LogP contribution < -0.4 is 0 Å². The second kappa shape index (κ2) is 7.40. The lowest BCUT2D eigenvalue weighted by atomic mass is 9.93. The van der Waals surface area contributed by atoms with Gasteiger partial charge in [-0.25, -0.2) is 0 Å². The largest absolute Gasteiger partial charge is 0.382 e. The van der Waals surface area contributed by atoms with E-state index in [9.17, 15) is 9.59 Å². The van der Waals surface area contributed by atoms with Gasteiger partial charge in [-0.1, -0.05) is 0 Å². The molecule has 0 unspecified atom stereocenters. The summed E-state index contributed by atoms with van der Waals surface area (Å²) in [5.74, 6) is 0.366. The number of nitrogens with zero attached hydrogens (tertiary/aromatic N) is 1. The number of methoxy groups -OCH3 is 1. The lowest BCUT2D eigenvalue weighted by molar-refractivity contribution is -0.139. The second-order valence-electron chi connectivity index (χ2n) is 4.31. The minimum atomic E-state index is 0.00288.